The number of amides is 1. The maximum absolute atomic E-state index is 12.7. The van der Waals surface area contributed by atoms with Crippen molar-refractivity contribution in [3.8, 4) is 23.4 Å². The molecule has 0 radical (unpaired) electrons. The van der Waals surface area contributed by atoms with Crippen LogP contribution in [0.2, 0.25) is 5.02 Å². The lowest BCUT2D eigenvalue weighted by Gasteiger charge is -2.22. The van der Waals surface area contributed by atoms with Crippen LogP contribution < -0.4 is 5.32 Å². The first kappa shape index (κ1) is 17.4. The van der Waals surface area contributed by atoms with Crippen LogP contribution in [0.5, 0.6) is 0 Å². The molecular weight excluding hydrogens is 364 g/mol. The number of hydrogen-bond donors (Lipinski definition) is 1. The summed E-state index contributed by atoms with van der Waals surface area (Å²) in [4.78, 5) is 14.5. The normalized spacial score (nSPS) is 23.1. The molecule has 7 nitrogen and oxygen atoms in total. The summed E-state index contributed by atoms with van der Waals surface area (Å²) in [5, 5.41) is 25.5. The van der Waals surface area contributed by atoms with E-state index in [1.54, 1.807) is 29.2 Å². The number of halogens is 1. The van der Waals surface area contributed by atoms with E-state index in [0.717, 1.165) is 30.4 Å². The Balaban J connectivity index is 1.49. The number of benzene rings is 1. The van der Waals surface area contributed by atoms with Crippen LogP contribution in [0.3, 0.4) is 0 Å². The average molecular weight is 381 g/mol. The highest BCUT2D eigenvalue weighted by molar-refractivity contribution is 6.34. The molecular formula is C19H17ClN6O. The lowest BCUT2D eigenvalue weighted by atomic mass is 9.95. The number of nitrogens with one attached hydrogen (secondary N) is 1. The van der Waals surface area contributed by atoms with Crippen molar-refractivity contribution in [2.24, 2.45) is 0 Å². The summed E-state index contributed by atoms with van der Waals surface area (Å²) in [6.07, 6.45) is 8.42. The minimum Gasteiger partial charge on any atom is -0.347 e. The van der Waals surface area contributed by atoms with Gasteiger partial charge in [0.2, 0.25) is 0 Å². The molecule has 1 N–H and O–H groups in total. The number of rotatable bonds is 4. The van der Waals surface area contributed by atoms with Crippen LogP contribution in [0.15, 0.2) is 30.6 Å². The molecule has 2 bridgehead atoms. The minimum absolute atomic E-state index is 0.0177. The van der Waals surface area contributed by atoms with Gasteiger partial charge >= 0.3 is 0 Å². The third-order valence-electron chi connectivity index (χ3n) is 5.38. The quantitative estimate of drug-likeness (QED) is 0.822. The van der Waals surface area contributed by atoms with Gasteiger partial charge in [0, 0.05) is 17.8 Å². The van der Waals surface area contributed by atoms with Gasteiger partial charge in [-0.2, -0.15) is 15.6 Å². The molecule has 3 atom stereocenters. The molecule has 8 heteroatoms. The molecule has 0 aliphatic carbocycles. The molecule has 2 fully saturated rings. The van der Waals surface area contributed by atoms with E-state index in [1.165, 1.54) is 0 Å². The zero-order valence-electron chi connectivity index (χ0n) is 14.5. The first-order valence-electron chi connectivity index (χ1n) is 8.79. The molecule has 2 aliphatic rings. The monoisotopic (exact) mass is 380 g/mol. The number of carbonyl (C=O) groups is 1. The number of hydrogen-bond acceptors (Lipinski definition) is 5. The van der Waals surface area contributed by atoms with Gasteiger partial charge in [0.1, 0.15) is 6.54 Å². The molecule has 3 heterocycles. The fraction of sp³-hybridized carbons (Fsp3) is 0.368. The highest BCUT2D eigenvalue weighted by Gasteiger charge is 2.46. The third kappa shape index (κ3) is 3.11. The van der Waals surface area contributed by atoms with Gasteiger partial charge in [-0.15, -0.1) is 0 Å². The van der Waals surface area contributed by atoms with Crippen LogP contribution in [0.1, 0.15) is 29.6 Å². The van der Waals surface area contributed by atoms with Crippen molar-refractivity contribution < 1.29 is 4.79 Å². The van der Waals surface area contributed by atoms with Crippen LogP contribution in [0, 0.1) is 22.8 Å². The average Bonchev–Trinajstić information content (AvgIpc) is 3.35. The smallest absolute Gasteiger partial charge is 0.253 e. The van der Waals surface area contributed by atoms with E-state index in [2.05, 4.69) is 16.6 Å². The number of aromatic nitrogens is 2. The Kier molecular flexibility index (Phi) is 4.47. The minimum atomic E-state index is -0.220. The van der Waals surface area contributed by atoms with Crippen LogP contribution in [0.25, 0.3) is 11.1 Å². The summed E-state index contributed by atoms with van der Waals surface area (Å²) >= 11 is 6.36. The van der Waals surface area contributed by atoms with Gasteiger partial charge in [0.25, 0.3) is 5.91 Å². The molecule has 0 saturated carbocycles. The SMILES string of the molecule is N#CCn1cc(-c2ccc(C(=O)N[C@@H]3C[C@@H]4CC[C@H]3N4C#N)c(Cl)c2)cn1. The number of nitrogens with zero attached hydrogens (tertiary/aromatic N) is 5. The Morgan fingerprint density at radius 1 is 1.33 bits per heavy atom. The van der Waals surface area contributed by atoms with Crippen LogP contribution in [0.4, 0.5) is 0 Å². The molecule has 1 amide bonds. The highest BCUT2D eigenvalue weighted by Crippen LogP contribution is 2.37. The summed E-state index contributed by atoms with van der Waals surface area (Å²) in [6.45, 7) is 0.178. The zero-order valence-corrected chi connectivity index (χ0v) is 15.2. The van der Waals surface area contributed by atoms with E-state index < -0.39 is 0 Å². The van der Waals surface area contributed by atoms with Gasteiger partial charge in [-0.3, -0.25) is 9.48 Å². The molecule has 0 spiro atoms. The predicted octanol–water partition coefficient (Wildman–Crippen LogP) is 2.54. The molecule has 136 valence electrons. The summed E-state index contributed by atoms with van der Waals surface area (Å²) < 4.78 is 1.54. The van der Waals surface area contributed by atoms with Crippen molar-refractivity contribution in [1.82, 2.24) is 20.0 Å². The van der Waals surface area contributed by atoms with E-state index in [-0.39, 0.29) is 30.6 Å². The largest absolute Gasteiger partial charge is 0.347 e. The third-order valence-corrected chi connectivity index (χ3v) is 5.69. The molecule has 27 heavy (non-hydrogen) atoms. The van der Waals surface area contributed by atoms with Crippen LogP contribution in [-0.4, -0.2) is 38.7 Å². The van der Waals surface area contributed by atoms with E-state index in [4.69, 9.17) is 16.9 Å². The number of nitriles is 2. The maximum atomic E-state index is 12.7. The van der Waals surface area contributed by atoms with Crippen LogP contribution in [-0.2, 0) is 6.54 Å². The molecule has 1 aromatic carbocycles. The lowest BCUT2D eigenvalue weighted by Crippen LogP contribution is -2.43. The van der Waals surface area contributed by atoms with Gasteiger partial charge in [-0.1, -0.05) is 17.7 Å². The zero-order chi connectivity index (χ0) is 19.0. The van der Waals surface area contributed by atoms with Crippen molar-refractivity contribution >= 4 is 17.5 Å². The predicted molar refractivity (Wildman–Crippen MR) is 98.4 cm³/mol. The first-order chi connectivity index (χ1) is 13.1. The molecule has 2 aromatic rings. The van der Waals surface area contributed by atoms with Crippen LogP contribution >= 0.6 is 11.6 Å². The van der Waals surface area contributed by atoms with Gasteiger partial charge in [0.05, 0.1) is 34.9 Å². The van der Waals surface area contributed by atoms with Gasteiger partial charge < -0.3 is 10.2 Å². The second-order valence-corrected chi connectivity index (χ2v) is 7.31. The second-order valence-electron chi connectivity index (χ2n) is 6.90. The molecule has 2 saturated heterocycles. The topological polar surface area (TPSA) is 97.7 Å². The number of fused-ring (bicyclic) bond motifs is 2. The van der Waals surface area contributed by atoms with Crippen molar-refractivity contribution in [3.05, 3.63) is 41.2 Å². The maximum Gasteiger partial charge on any atom is 0.253 e. The van der Waals surface area contributed by atoms with E-state index >= 15 is 0 Å². The standard InChI is InChI=1S/C19H17ClN6O/c20-16-7-12(13-9-23-25(10-13)6-5-21)1-3-15(16)19(27)24-17-8-14-2-4-18(17)26(14)11-22/h1,3,7,9-10,14,17-18H,2,4,6,8H2,(H,24,27)/t14-,17+,18+/m0/s1. The second kappa shape index (κ2) is 6.94. The Labute approximate surface area is 161 Å². The molecule has 0 unspecified atom stereocenters. The lowest BCUT2D eigenvalue weighted by molar-refractivity contribution is 0.0928. The Hall–Kier alpha value is -3.03. The fourth-order valence-electron chi connectivity index (χ4n) is 4.10. The first-order valence-corrected chi connectivity index (χ1v) is 9.16. The Bertz CT molecular complexity index is 971. The van der Waals surface area contributed by atoms with Gasteiger partial charge in [-0.05, 0) is 37.0 Å². The molecule has 4 rings (SSSR count). The fourth-order valence-corrected chi connectivity index (χ4v) is 4.36. The van der Waals surface area contributed by atoms with E-state index in [0.29, 0.717) is 10.6 Å². The van der Waals surface area contributed by atoms with E-state index in [1.807, 2.05) is 17.0 Å². The van der Waals surface area contributed by atoms with Crippen molar-refractivity contribution in [2.45, 2.75) is 43.9 Å². The Morgan fingerprint density at radius 3 is 2.89 bits per heavy atom. The summed E-state index contributed by atoms with van der Waals surface area (Å²) in [7, 11) is 0. The summed E-state index contributed by atoms with van der Waals surface area (Å²) in [5.41, 5.74) is 2.07. The summed E-state index contributed by atoms with van der Waals surface area (Å²) in [5.74, 6) is -0.220. The highest BCUT2D eigenvalue weighted by atomic mass is 35.5. The van der Waals surface area contributed by atoms with Crippen molar-refractivity contribution in [3.63, 3.8) is 0 Å². The van der Waals surface area contributed by atoms with Gasteiger partial charge in [-0.25, -0.2) is 0 Å². The number of carbonyl (C=O) groups excluding carboxylic acids is 1. The Morgan fingerprint density at radius 2 is 2.19 bits per heavy atom. The van der Waals surface area contributed by atoms with Gasteiger partial charge in [0.15, 0.2) is 6.19 Å². The summed E-state index contributed by atoms with van der Waals surface area (Å²) in [6, 6.07) is 7.60. The molecule has 2 aliphatic heterocycles. The van der Waals surface area contributed by atoms with Crippen molar-refractivity contribution in [1.29, 1.82) is 10.5 Å². The van der Waals surface area contributed by atoms with Crippen molar-refractivity contribution in [2.75, 3.05) is 0 Å². The van der Waals surface area contributed by atoms with E-state index in [9.17, 15) is 10.1 Å². The molecule has 1 aromatic heterocycles.